The number of piperidine rings is 1. The molecule has 2 aromatic heterocycles. The van der Waals surface area contributed by atoms with Crippen molar-refractivity contribution in [3.63, 3.8) is 0 Å². The Balaban J connectivity index is 1.36. The van der Waals surface area contributed by atoms with Gasteiger partial charge in [0.1, 0.15) is 10.3 Å². The van der Waals surface area contributed by atoms with Gasteiger partial charge in [-0.25, -0.2) is 9.97 Å². The monoisotopic (exact) mass is 366 g/mol. The highest BCUT2D eigenvalue weighted by Crippen LogP contribution is 2.30. The number of benzene rings is 1. The Bertz CT molecular complexity index is 854. The van der Waals surface area contributed by atoms with Gasteiger partial charge in [0.25, 0.3) is 0 Å². The molecule has 134 valence electrons. The average molecular weight is 366 g/mol. The average Bonchev–Trinajstić information content (AvgIpc) is 3.12. The number of rotatable bonds is 4. The fraction of sp³-hybridized carbons (Fsp3) is 0.350. The Hall–Kier alpha value is -2.47. The van der Waals surface area contributed by atoms with Gasteiger partial charge in [-0.05, 0) is 30.5 Å². The van der Waals surface area contributed by atoms with Crippen molar-refractivity contribution in [2.45, 2.75) is 19.4 Å². The van der Waals surface area contributed by atoms with Gasteiger partial charge >= 0.3 is 0 Å². The van der Waals surface area contributed by atoms with Gasteiger partial charge < -0.3 is 9.80 Å². The van der Waals surface area contributed by atoms with E-state index in [1.807, 2.05) is 42.3 Å². The third-order valence-corrected chi connectivity index (χ3v) is 5.95. The molecule has 3 aromatic rings. The molecule has 4 rings (SSSR count). The van der Waals surface area contributed by atoms with Crippen LogP contribution in [0, 0.1) is 5.92 Å². The number of carbonyl (C=O) groups is 1. The van der Waals surface area contributed by atoms with E-state index in [0.717, 1.165) is 41.4 Å². The highest BCUT2D eigenvalue weighted by atomic mass is 32.1. The standard InChI is InChI=1S/C20H22N4OS/c1-23(14-15-6-3-2-4-7-15)19(25)16-9-12-24(13-10-16)20-22-17-8-5-11-21-18(17)26-20/h2-8,11,16H,9-10,12-14H2,1H3. The summed E-state index contributed by atoms with van der Waals surface area (Å²) in [4.78, 5) is 26.9. The number of pyridine rings is 1. The summed E-state index contributed by atoms with van der Waals surface area (Å²) in [6.07, 6.45) is 3.56. The van der Waals surface area contributed by atoms with Gasteiger partial charge in [0.05, 0.1) is 0 Å². The molecule has 0 saturated carbocycles. The zero-order chi connectivity index (χ0) is 17.9. The van der Waals surface area contributed by atoms with Crippen molar-refractivity contribution in [1.29, 1.82) is 0 Å². The Morgan fingerprint density at radius 3 is 2.69 bits per heavy atom. The van der Waals surface area contributed by atoms with Crippen LogP contribution in [0.1, 0.15) is 18.4 Å². The summed E-state index contributed by atoms with van der Waals surface area (Å²) in [5, 5.41) is 1.02. The van der Waals surface area contributed by atoms with E-state index in [-0.39, 0.29) is 11.8 Å². The molecule has 0 bridgehead atoms. The summed E-state index contributed by atoms with van der Waals surface area (Å²) in [5.41, 5.74) is 2.12. The number of nitrogens with zero attached hydrogens (tertiary/aromatic N) is 4. The van der Waals surface area contributed by atoms with Gasteiger partial charge in [0.15, 0.2) is 5.13 Å². The van der Waals surface area contributed by atoms with Crippen LogP contribution in [0.2, 0.25) is 0 Å². The minimum atomic E-state index is 0.104. The first-order valence-corrected chi connectivity index (χ1v) is 9.78. The van der Waals surface area contributed by atoms with Crippen molar-refractivity contribution in [1.82, 2.24) is 14.9 Å². The van der Waals surface area contributed by atoms with Crippen LogP contribution in [-0.2, 0) is 11.3 Å². The molecule has 1 amide bonds. The van der Waals surface area contributed by atoms with Crippen LogP contribution in [0.4, 0.5) is 5.13 Å². The predicted molar refractivity (Wildman–Crippen MR) is 105 cm³/mol. The second-order valence-corrected chi connectivity index (χ2v) is 7.72. The molecule has 1 aliphatic rings. The van der Waals surface area contributed by atoms with E-state index in [2.05, 4.69) is 27.0 Å². The Labute approximate surface area is 157 Å². The maximum Gasteiger partial charge on any atom is 0.225 e. The maximum absolute atomic E-state index is 12.8. The van der Waals surface area contributed by atoms with E-state index in [9.17, 15) is 4.79 Å². The molecule has 0 N–H and O–H groups in total. The summed E-state index contributed by atoms with van der Waals surface area (Å²) in [7, 11) is 1.90. The first-order valence-electron chi connectivity index (χ1n) is 8.96. The van der Waals surface area contributed by atoms with E-state index in [0.29, 0.717) is 6.54 Å². The molecule has 1 fully saturated rings. The zero-order valence-corrected chi connectivity index (χ0v) is 15.7. The zero-order valence-electron chi connectivity index (χ0n) is 14.8. The number of thiazole rings is 1. The lowest BCUT2D eigenvalue weighted by atomic mass is 9.95. The van der Waals surface area contributed by atoms with Crippen LogP contribution < -0.4 is 4.90 Å². The molecule has 0 radical (unpaired) electrons. The predicted octanol–water partition coefficient (Wildman–Crippen LogP) is 3.57. The highest BCUT2D eigenvalue weighted by molar-refractivity contribution is 7.21. The third kappa shape index (κ3) is 3.55. The van der Waals surface area contributed by atoms with Crippen LogP contribution in [0.25, 0.3) is 10.3 Å². The Morgan fingerprint density at radius 2 is 1.96 bits per heavy atom. The molecule has 0 atom stereocenters. The van der Waals surface area contributed by atoms with Gasteiger partial charge in [0, 0.05) is 38.8 Å². The van der Waals surface area contributed by atoms with Gasteiger partial charge in [0.2, 0.25) is 5.91 Å². The van der Waals surface area contributed by atoms with Crippen molar-refractivity contribution >= 4 is 32.7 Å². The molecule has 0 spiro atoms. The van der Waals surface area contributed by atoms with Gasteiger partial charge in [-0.1, -0.05) is 41.7 Å². The lowest BCUT2D eigenvalue weighted by Gasteiger charge is -2.33. The second-order valence-electron chi connectivity index (χ2n) is 6.77. The number of carbonyl (C=O) groups excluding carboxylic acids is 1. The summed E-state index contributed by atoms with van der Waals surface area (Å²) in [5.74, 6) is 0.354. The van der Waals surface area contributed by atoms with E-state index < -0.39 is 0 Å². The van der Waals surface area contributed by atoms with Crippen molar-refractivity contribution in [3.05, 3.63) is 54.2 Å². The van der Waals surface area contributed by atoms with Crippen molar-refractivity contribution in [2.75, 3.05) is 25.0 Å². The van der Waals surface area contributed by atoms with E-state index in [4.69, 9.17) is 0 Å². The van der Waals surface area contributed by atoms with Gasteiger partial charge in [-0.3, -0.25) is 4.79 Å². The quantitative estimate of drug-likeness (QED) is 0.708. The van der Waals surface area contributed by atoms with E-state index >= 15 is 0 Å². The molecule has 3 heterocycles. The fourth-order valence-electron chi connectivity index (χ4n) is 3.46. The topological polar surface area (TPSA) is 49.3 Å². The molecular formula is C20H22N4OS. The molecular weight excluding hydrogens is 344 g/mol. The first-order chi connectivity index (χ1) is 12.7. The summed E-state index contributed by atoms with van der Waals surface area (Å²) < 4.78 is 0. The summed E-state index contributed by atoms with van der Waals surface area (Å²) in [6, 6.07) is 14.1. The molecule has 0 unspecified atom stereocenters. The largest absolute Gasteiger partial charge is 0.348 e. The molecule has 6 heteroatoms. The molecule has 1 aliphatic heterocycles. The van der Waals surface area contributed by atoms with Crippen LogP contribution in [0.3, 0.4) is 0 Å². The lowest BCUT2D eigenvalue weighted by Crippen LogP contribution is -2.41. The van der Waals surface area contributed by atoms with Crippen LogP contribution >= 0.6 is 11.3 Å². The smallest absolute Gasteiger partial charge is 0.225 e. The Kier molecular flexibility index (Phi) is 4.84. The first kappa shape index (κ1) is 17.0. The van der Waals surface area contributed by atoms with Crippen molar-refractivity contribution in [2.24, 2.45) is 5.92 Å². The van der Waals surface area contributed by atoms with Crippen LogP contribution in [-0.4, -0.2) is 40.9 Å². The number of amides is 1. The molecule has 1 aromatic carbocycles. The minimum Gasteiger partial charge on any atom is -0.348 e. The number of anilines is 1. The normalized spacial score (nSPS) is 15.3. The van der Waals surface area contributed by atoms with E-state index in [1.165, 1.54) is 5.56 Å². The number of fused-ring (bicyclic) bond motifs is 1. The fourth-order valence-corrected chi connectivity index (χ4v) is 4.42. The number of aromatic nitrogens is 2. The van der Waals surface area contributed by atoms with Gasteiger partial charge in [-0.2, -0.15) is 0 Å². The maximum atomic E-state index is 12.8. The summed E-state index contributed by atoms with van der Waals surface area (Å²) >= 11 is 1.63. The van der Waals surface area contributed by atoms with Crippen LogP contribution in [0.15, 0.2) is 48.7 Å². The molecule has 5 nitrogen and oxygen atoms in total. The molecule has 0 aliphatic carbocycles. The SMILES string of the molecule is CN(Cc1ccccc1)C(=O)C1CCN(c2nc3cccnc3s2)CC1. The third-order valence-electron chi connectivity index (χ3n) is 4.91. The molecule has 1 saturated heterocycles. The van der Waals surface area contributed by atoms with Crippen molar-refractivity contribution in [3.8, 4) is 0 Å². The highest BCUT2D eigenvalue weighted by Gasteiger charge is 2.28. The van der Waals surface area contributed by atoms with Crippen LogP contribution in [0.5, 0.6) is 0 Å². The number of hydrogen-bond donors (Lipinski definition) is 0. The molecule has 26 heavy (non-hydrogen) atoms. The Morgan fingerprint density at radius 1 is 1.19 bits per heavy atom. The summed E-state index contributed by atoms with van der Waals surface area (Å²) in [6.45, 7) is 2.41. The minimum absolute atomic E-state index is 0.104. The van der Waals surface area contributed by atoms with Gasteiger partial charge in [-0.15, -0.1) is 0 Å². The second kappa shape index (κ2) is 7.41. The number of hydrogen-bond acceptors (Lipinski definition) is 5. The van der Waals surface area contributed by atoms with E-state index in [1.54, 1.807) is 17.5 Å². The lowest BCUT2D eigenvalue weighted by molar-refractivity contribution is -0.135. The van der Waals surface area contributed by atoms with Crippen molar-refractivity contribution < 1.29 is 4.79 Å².